The van der Waals surface area contributed by atoms with Crippen molar-refractivity contribution in [2.24, 2.45) is 11.7 Å². The van der Waals surface area contributed by atoms with Crippen LogP contribution >= 0.6 is 22.9 Å². The maximum absolute atomic E-state index is 13.3. The first-order valence-corrected chi connectivity index (χ1v) is 12.3. The molecule has 2 amide bonds. The van der Waals surface area contributed by atoms with Crippen molar-refractivity contribution in [3.63, 3.8) is 0 Å². The molecule has 12 heteroatoms. The number of ether oxygens (including phenoxy) is 2. The number of primary amides is 1. The maximum Gasteiger partial charge on any atom is 0.573 e. The molecule has 3 heterocycles. The Morgan fingerprint density at radius 1 is 1.20 bits per heavy atom. The Labute approximate surface area is 209 Å². The summed E-state index contributed by atoms with van der Waals surface area (Å²) in [5.41, 5.74) is 6.07. The normalized spacial score (nSPS) is 21.5. The largest absolute Gasteiger partial charge is 0.573 e. The molecular weight excluding hydrogens is 507 g/mol. The van der Waals surface area contributed by atoms with Gasteiger partial charge in [0.25, 0.3) is 5.91 Å². The summed E-state index contributed by atoms with van der Waals surface area (Å²) in [4.78, 5) is 27.1. The zero-order valence-corrected chi connectivity index (χ0v) is 20.4. The van der Waals surface area contributed by atoms with Crippen LogP contribution in [0.25, 0.3) is 0 Å². The Kier molecular flexibility index (Phi) is 7.48. The lowest BCUT2D eigenvalue weighted by Crippen LogP contribution is -2.49. The van der Waals surface area contributed by atoms with E-state index in [9.17, 15) is 22.8 Å². The molecule has 2 unspecified atom stereocenters. The van der Waals surface area contributed by atoms with E-state index < -0.39 is 30.3 Å². The van der Waals surface area contributed by atoms with Gasteiger partial charge in [0.1, 0.15) is 12.1 Å². The van der Waals surface area contributed by atoms with Crippen molar-refractivity contribution in [3.8, 4) is 5.75 Å². The second kappa shape index (κ2) is 10.2. The third-order valence-corrected chi connectivity index (χ3v) is 7.74. The Bertz CT molecular complexity index is 1090. The lowest BCUT2D eigenvalue weighted by atomic mass is 9.79. The van der Waals surface area contributed by atoms with Crippen LogP contribution in [0, 0.1) is 5.92 Å². The number of hydrogen-bond acceptors (Lipinski definition) is 6. The molecule has 35 heavy (non-hydrogen) atoms. The van der Waals surface area contributed by atoms with E-state index in [0.717, 1.165) is 37.0 Å². The number of anilines is 1. The van der Waals surface area contributed by atoms with Gasteiger partial charge in [0.05, 0.1) is 14.9 Å². The van der Waals surface area contributed by atoms with Crippen LogP contribution in [0.15, 0.2) is 30.3 Å². The van der Waals surface area contributed by atoms with Crippen molar-refractivity contribution in [2.75, 3.05) is 18.6 Å². The Balaban J connectivity index is 1.65. The predicted octanol–water partition coefficient (Wildman–Crippen LogP) is 4.65. The summed E-state index contributed by atoms with van der Waals surface area (Å²) < 4.78 is 50.2. The van der Waals surface area contributed by atoms with Gasteiger partial charge in [0.15, 0.2) is 5.75 Å². The number of benzene rings is 1. The molecule has 0 spiro atoms. The van der Waals surface area contributed by atoms with Crippen LogP contribution in [0.3, 0.4) is 0 Å². The first-order chi connectivity index (χ1) is 16.6. The van der Waals surface area contributed by atoms with Crippen molar-refractivity contribution < 1.29 is 32.2 Å². The second-order valence-corrected chi connectivity index (χ2v) is 10.4. The summed E-state index contributed by atoms with van der Waals surface area (Å²) in [5.74, 6) is -1.47. The topological polar surface area (TPSA) is 93.9 Å². The number of halogens is 4. The number of nitrogens with one attached hydrogen (secondary N) is 1. The molecule has 7 nitrogen and oxygen atoms in total. The van der Waals surface area contributed by atoms with E-state index in [4.69, 9.17) is 22.1 Å². The van der Waals surface area contributed by atoms with E-state index in [1.807, 2.05) is 4.90 Å². The molecule has 3 aliphatic rings. The number of amides is 2. The number of methoxy groups -OCH3 is 1. The van der Waals surface area contributed by atoms with Gasteiger partial charge in [-0.3, -0.25) is 9.59 Å². The molecule has 3 fully saturated rings. The molecule has 2 atom stereocenters. The number of alkyl halides is 3. The van der Waals surface area contributed by atoms with Crippen LogP contribution in [0.5, 0.6) is 5.75 Å². The van der Waals surface area contributed by atoms with Crippen LogP contribution in [0.2, 0.25) is 4.34 Å². The molecule has 1 aromatic heterocycles. The van der Waals surface area contributed by atoms with E-state index >= 15 is 0 Å². The number of nitrogens with zero attached hydrogens (tertiary/aromatic N) is 1. The van der Waals surface area contributed by atoms with Crippen LogP contribution in [-0.4, -0.2) is 43.9 Å². The average Bonchev–Trinajstić information content (AvgIpc) is 3.25. The number of carbonyl (C=O) groups excluding carboxylic acids is 2. The molecule has 3 N–H and O–H groups in total. The summed E-state index contributed by atoms with van der Waals surface area (Å²) in [7, 11) is 1.27. The Morgan fingerprint density at radius 2 is 1.91 bits per heavy atom. The molecule has 2 aromatic rings. The fourth-order valence-corrected chi connectivity index (χ4v) is 5.87. The van der Waals surface area contributed by atoms with E-state index in [1.165, 1.54) is 25.3 Å². The van der Waals surface area contributed by atoms with Gasteiger partial charge < -0.3 is 25.4 Å². The van der Waals surface area contributed by atoms with Gasteiger partial charge in [-0.1, -0.05) is 17.7 Å². The number of carbonyl (C=O) groups is 2. The van der Waals surface area contributed by atoms with Crippen LogP contribution in [-0.2, 0) is 9.53 Å². The van der Waals surface area contributed by atoms with Gasteiger partial charge in [0, 0.05) is 19.7 Å². The lowest BCUT2D eigenvalue weighted by Gasteiger charge is -2.47. The van der Waals surface area contributed by atoms with Crippen molar-refractivity contribution in [1.82, 2.24) is 5.32 Å². The van der Waals surface area contributed by atoms with Crippen molar-refractivity contribution in [1.29, 1.82) is 0 Å². The van der Waals surface area contributed by atoms with Crippen LogP contribution < -0.4 is 20.7 Å². The first kappa shape index (κ1) is 25.6. The number of nitrogens with two attached hydrogens (primary N) is 1. The standard InChI is InChI=1S/C23H25ClF3N3O4S/c1-33-20(19(21(28)31)29-22(32)17-8-9-18(24)35-17)13-4-7-15(16(10-13)34-23(25,26)27)30-11-12-2-5-14(30)6-3-12/h4,7-10,12,14,19-20H,2-3,5-6,11H2,1H3,(H2,28,31)(H,29,32). The van der Waals surface area contributed by atoms with Gasteiger partial charge >= 0.3 is 6.36 Å². The smallest absolute Gasteiger partial charge is 0.404 e. The monoisotopic (exact) mass is 531 g/mol. The van der Waals surface area contributed by atoms with Crippen molar-refractivity contribution in [2.45, 2.75) is 50.2 Å². The highest BCUT2D eigenvalue weighted by molar-refractivity contribution is 7.18. The average molecular weight is 532 g/mol. The third kappa shape index (κ3) is 5.84. The minimum atomic E-state index is -4.92. The summed E-state index contributed by atoms with van der Waals surface area (Å²) in [6.07, 6.45) is -2.11. The van der Waals surface area contributed by atoms with E-state index in [-0.39, 0.29) is 22.2 Å². The molecule has 2 saturated heterocycles. The van der Waals surface area contributed by atoms with Gasteiger partial charge in [-0.05, 0) is 61.4 Å². The number of hydrogen-bond donors (Lipinski definition) is 2. The van der Waals surface area contributed by atoms with Crippen molar-refractivity contribution in [3.05, 3.63) is 45.1 Å². The molecule has 2 aliphatic heterocycles. The zero-order chi connectivity index (χ0) is 25.3. The molecule has 0 radical (unpaired) electrons. The highest BCUT2D eigenvalue weighted by atomic mass is 35.5. The van der Waals surface area contributed by atoms with Crippen LogP contribution in [0.4, 0.5) is 18.9 Å². The Morgan fingerprint density at radius 3 is 2.43 bits per heavy atom. The zero-order valence-electron chi connectivity index (χ0n) is 18.8. The van der Waals surface area contributed by atoms with Gasteiger partial charge in [0.2, 0.25) is 5.91 Å². The van der Waals surface area contributed by atoms with E-state index in [2.05, 4.69) is 10.1 Å². The summed E-state index contributed by atoms with van der Waals surface area (Å²) in [6, 6.07) is 6.11. The second-order valence-electron chi connectivity index (χ2n) is 8.72. The quantitative estimate of drug-likeness (QED) is 0.517. The van der Waals surface area contributed by atoms with Crippen LogP contribution in [0.1, 0.15) is 47.0 Å². The molecule has 190 valence electrons. The highest BCUT2D eigenvalue weighted by Gasteiger charge is 2.39. The molecular formula is C23H25ClF3N3O4S. The molecule has 5 rings (SSSR count). The number of piperidine rings is 2. The number of rotatable bonds is 8. The summed E-state index contributed by atoms with van der Waals surface area (Å²) in [6.45, 7) is 0.662. The van der Waals surface area contributed by atoms with Gasteiger partial charge in [-0.25, -0.2) is 0 Å². The Hall–Kier alpha value is -2.50. The molecule has 1 saturated carbocycles. The fraction of sp³-hybridized carbons (Fsp3) is 0.478. The fourth-order valence-electron chi connectivity index (χ4n) is 4.92. The first-order valence-electron chi connectivity index (χ1n) is 11.1. The number of fused-ring (bicyclic) bond motifs is 3. The lowest BCUT2D eigenvalue weighted by molar-refractivity contribution is -0.274. The number of thiophene rings is 1. The van der Waals surface area contributed by atoms with E-state index in [1.54, 1.807) is 12.1 Å². The minimum absolute atomic E-state index is 0.148. The summed E-state index contributed by atoms with van der Waals surface area (Å²) in [5, 5.41) is 2.50. The van der Waals surface area contributed by atoms with Gasteiger partial charge in [-0.15, -0.1) is 24.5 Å². The molecule has 2 bridgehead atoms. The molecule has 1 aliphatic carbocycles. The van der Waals surface area contributed by atoms with Gasteiger partial charge in [-0.2, -0.15) is 0 Å². The third-order valence-electron chi connectivity index (χ3n) is 6.51. The molecule has 1 aromatic carbocycles. The van der Waals surface area contributed by atoms with Crippen molar-refractivity contribution >= 4 is 40.4 Å². The SMILES string of the molecule is COC(c1ccc(N2CC3CCC2CC3)c(OC(F)(F)F)c1)C(NC(=O)c1ccc(Cl)s1)C(N)=O. The van der Waals surface area contributed by atoms with E-state index in [0.29, 0.717) is 22.5 Å². The highest BCUT2D eigenvalue weighted by Crippen LogP contribution is 2.43. The minimum Gasteiger partial charge on any atom is -0.404 e. The predicted molar refractivity (Wildman–Crippen MR) is 126 cm³/mol. The maximum atomic E-state index is 13.3. The summed E-state index contributed by atoms with van der Waals surface area (Å²) >= 11 is 6.88.